The van der Waals surface area contributed by atoms with Gasteiger partial charge in [-0.1, -0.05) is 23.7 Å². The second-order valence-corrected chi connectivity index (χ2v) is 5.39. The first kappa shape index (κ1) is 17.3. The van der Waals surface area contributed by atoms with Crippen LogP contribution in [0.5, 0.6) is 0 Å². The fraction of sp³-hybridized carbons (Fsp3) is 0.533. The average Bonchev–Trinajstić information content (AvgIpc) is 2.39. The Morgan fingerprint density at radius 3 is 3.00 bits per heavy atom. The Hall–Kier alpha value is -0.770. The highest BCUT2D eigenvalue weighted by atomic mass is 35.5. The maximum absolute atomic E-state index is 11.8. The van der Waals surface area contributed by atoms with Gasteiger partial charge in [0.1, 0.15) is 0 Å². The van der Waals surface area contributed by atoms with Crippen LogP contribution in [0.3, 0.4) is 0 Å². The third kappa shape index (κ3) is 4.97. The zero-order chi connectivity index (χ0) is 13.7. The highest BCUT2D eigenvalue weighted by Crippen LogP contribution is 2.20. The molecule has 2 rings (SSSR count). The lowest BCUT2D eigenvalue weighted by atomic mass is 9.98. The molecule has 1 aliphatic heterocycles. The van der Waals surface area contributed by atoms with Gasteiger partial charge in [-0.15, -0.1) is 12.4 Å². The molecular formula is C15H21Cl2NO2. The van der Waals surface area contributed by atoms with E-state index < -0.39 is 0 Å². The van der Waals surface area contributed by atoms with Gasteiger partial charge in [0.05, 0.1) is 12.5 Å². The molecule has 3 nitrogen and oxygen atoms in total. The van der Waals surface area contributed by atoms with Gasteiger partial charge in [0, 0.05) is 18.1 Å². The predicted molar refractivity (Wildman–Crippen MR) is 83.3 cm³/mol. The largest absolute Gasteiger partial charge is 0.466 e. The Balaban J connectivity index is 0.00000200. The Morgan fingerprint density at radius 1 is 1.50 bits per heavy atom. The summed E-state index contributed by atoms with van der Waals surface area (Å²) in [5.74, 6) is -0.0359. The van der Waals surface area contributed by atoms with Crippen LogP contribution in [0.15, 0.2) is 24.3 Å². The third-order valence-corrected chi connectivity index (χ3v) is 3.66. The molecule has 5 heteroatoms. The van der Waals surface area contributed by atoms with Crippen molar-refractivity contribution >= 4 is 30.0 Å². The molecule has 112 valence electrons. The van der Waals surface area contributed by atoms with E-state index in [4.69, 9.17) is 16.3 Å². The molecule has 0 saturated carbocycles. The van der Waals surface area contributed by atoms with Gasteiger partial charge >= 0.3 is 5.97 Å². The Kier molecular flexibility index (Phi) is 7.35. The first-order valence-electron chi connectivity index (χ1n) is 6.82. The number of halogens is 2. The maximum atomic E-state index is 11.8. The van der Waals surface area contributed by atoms with Gasteiger partial charge in [0.2, 0.25) is 0 Å². The molecule has 1 heterocycles. The molecule has 0 aromatic heterocycles. The van der Waals surface area contributed by atoms with Crippen LogP contribution in [0, 0.1) is 5.92 Å². The molecule has 1 unspecified atom stereocenters. The van der Waals surface area contributed by atoms with Gasteiger partial charge in [0.15, 0.2) is 0 Å². The van der Waals surface area contributed by atoms with Crippen molar-refractivity contribution in [1.82, 2.24) is 4.90 Å². The summed E-state index contributed by atoms with van der Waals surface area (Å²) in [7, 11) is 0. The predicted octanol–water partition coefficient (Wildman–Crippen LogP) is 3.54. The van der Waals surface area contributed by atoms with Crippen molar-refractivity contribution in [3.8, 4) is 0 Å². The second-order valence-electron chi connectivity index (χ2n) is 4.96. The molecule has 0 radical (unpaired) electrons. The highest BCUT2D eigenvalue weighted by molar-refractivity contribution is 6.30. The minimum atomic E-state index is -0.0571. The molecule has 0 amide bonds. The second kappa shape index (κ2) is 8.50. The Bertz CT molecular complexity index is 440. The summed E-state index contributed by atoms with van der Waals surface area (Å²) in [6.07, 6.45) is 1.98. The zero-order valence-corrected chi connectivity index (χ0v) is 13.3. The Morgan fingerprint density at radius 2 is 2.30 bits per heavy atom. The molecule has 0 spiro atoms. The van der Waals surface area contributed by atoms with Crippen LogP contribution in [0.25, 0.3) is 0 Å². The fourth-order valence-electron chi connectivity index (χ4n) is 2.55. The topological polar surface area (TPSA) is 29.5 Å². The van der Waals surface area contributed by atoms with Crippen LogP contribution in [-0.2, 0) is 16.1 Å². The number of carbonyl (C=O) groups excluding carboxylic acids is 1. The summed E-state index contributed by atoms with van der Waals surface area (Å²) < 4.78 is 5.11. The number of carbonyl (C=O) groups is 1. The molecule has 1 fully saturated rings. The lowest BCUT2D eigenvalue weighted by Gasteiger charge is -2.31. The molecule has 0 aliphatic carbocycles. The first-order chi connectivity index (χ1) is 9.19. The first-order valence-corrected chi connectivity index (χ1v) is 7.20. The molecule has 0 N–H and O–H groups in total. The number of benzene rings is 1. The smallest absolute Gasteiger partial charge is 0.310 e. The van der Waals surface area contributed by atoms with Crippen molar-refractivity contribution < 1.29 is 9.53 Å². The number of ether oxygens (including phenoxy) is 1. The van der Waals surface area contributed by atoms with Gasteiger partial charge in [0.25, 0.3) is 0 Å². The molecule has 1 saturated heterocycles. The normalized spacial score (nSPS) is 19.2. The standard InChI is InChI=1S/C15H20ClNO2.ClH/c1-2-19-15(18)13-6-4-8-17(11-13)10-12-5-3-7-14(16)9-12;/h3,5,7,9,13H,2,4,6,8,10-11H2,1H3;1H. The van der Waals surface area contributed by atoms with Crippen LogP contribution in [0.1, 0.15) is 25.3 Å². The molecule has 0 bridgehead atoms. The molecule has 1 aliphatic rings. The SMILES string of the molecule is CCOC(=O)C1CCCN(Cc2cccc(Cl)c2)C1.Cl. The van der Waals surface area contributed by atoms with Crippen LogP contribution in [0.4, 0.5) is 0 Å². The van der Waals surface area contributed by atoms with Crippen molar-refractivity contribution in [3.63, 3.8) is 0 Å². The highest BCUT2D eigenvalue weighted by Gasteiger charge is 2.26. The van der Waals surface area contributed by atoms with Crippen LogP contribution in [0.2, 0.25) is 5.02 Å². The number of nitrogens with zero attached hydrogens (tertiary/aromatic N) is 1. The lowest BCUT2D eigenvalue weighted by Crippen LogP contribution is -2.38. The van der Waals surface area contributed by atoms with Gasteiger partial charge in [-0.3, -0.25) is 9.69 Å². The van der Waals surface area contributed by atoms with Crippen molar-refractivity contribution in [2.75, 3.05) is 19.7 Å². The van der Waals surface area contributed by atoms with E-state index >= 15 is 0 Å². The number of rotatable bonds is 4. The maximum Gasteiger partial charge on any atom is 0.310 e. The summed E-state index contributed by atoms with van der Waals surface area (Å²) in [5, 5.41) is 0.761. The van der Waals surface area contributed by atoms with E-state index in [1.807, 2.05) is 25.1 Å². The van der Waals surface area contributed by atoms with E-state index in [1.165, 1.54) is 5.56 Å². The summed E-state index contributed by atoms with van der Waals surface area (Å²) in [5.41, 5.74) is 1.19. The van der Waals surface area contributed by atoms with Crippen LogP contribution < -0.4 is 0 Å². The quantitative estimate of drug-likeness (QED) is 0.795. The Labute approximate surface area is 131 Å². The van der Waals surface area contributed by atoms with Crippen molar-refractivity contribution in [1.29, 1.82) is 0 Å². The van der Waals surface area contributed by atoms with Gasteiger partial charge < -0.3 is 4.74 Å². The number of esters is 1. The van der Waals surface area contributed by atoms with Crippen molar-refractivity contribution in [3.05, 3.63) is 34.9 Å². The lowest BCUT2D eigenvalue weighted by molar-refractivity contribution is -0.150. The van der Waals surface area contributed by atoms with Crippen molar-refractivity contribution in [2.45, 2.75) is 26.3 Å². The van der Waals surface area contributed by atoms with Gasteiger partial charge in [-0.05, 0) is 44.0 Å². The molecule has 1 atom stereocenters. The minimum absolute atomic E-state index is 0. The van der Waals surface area contributed by atoms with Crippen molar-refractivity contribution in [2.24, 2.45) is 5.92 Å². The van der Waals surface area contributed by atoms with E-state index in [0.717, 1.165) is 37.5 Å². The van der Waals surface area contributed by atoms with E-state index in [1.54, 1.807) is 0 Å². The monoisotopic (exact) mass is 317 g/mol. The van der Waals surface area contributed by atoms with Crippen LogP contribution in [-0.4, -0.2) is 30.6 Å². The van der Waals surface area contributed by atoms with E-state index in [-0.39, 0.29) is 24.3 Å². The fourth-order valence-corrected chi connectivity index (χ4v) is 2.76. The summed E-state index contributed by atoms with van der Waals surface area (Å²) in [6.45, 7) is 4.97. The number of hydrogen-bond donors (Lipinski definition) is 0. The zero-order valence-electron chi connectivity index (χ0n) is 11.7. The van der Waals surface area contributed by atoms with E-state index in [2.05, 4.69) is 11.0 Å². The third-order valence-electron chi connectivity index (χ3n) is 3.42. The van der Waals surface area contributed by atoms with E-state index in [9.17, 15) is 4.79 Å². The molecule has 20 heavy (non-hydrogen) atoms. The minimum Gasteiger partial charge on any atom is -0.466 e. The molecule has 1 aromatic carbocycles. The number of likely N-dealkylation sites (tertiary alicyclic amines) is 1. The molecule has 1 aromatic rings. The summed E-state index contributed by atoms with van der Waals surface area (Å²) >= 11 is 5.99. The van der Waals surface area contributed by atoms with Crippen LogP contribution >= 0.6 is 24.0 Å². The summed E-state index contributed by atoms with van der Waals surface area (Å²) in [6, 6.07) is 7.89. The molecular weight excluding hydrogens is 297 g/mol. The number of hydrogen-bond acceptors (Lipinski definition) is 3. The number of piperidine rings is 1. The summed E-state index contributed by atoms with van der Waals surface area (Å²) in [4.78, 5) is 14.1. The van der Waals surface area contributed by atoms with Gasteiger partial charge in [-0.25, -0.2) is 0 Å². The average molecular weight is 318 g/mol. The van der Waals surface area contributed by atoms with Gasteiger partial charge in [-0.2, -0.15) is 0 Å². The van der Waals surface area contributed by atoms with E-state index in [0.29, 0.717) is 6.61 Å².